The second-order valence-corrected chi connectivity index (χ2v) is 8.99. The molecule has 0 saturated heterocycles. The highest BCUT2D eigenvalue weighted by Crippen LogP contribution is 2.23. The van der Waals surface area contributed by atoms with Crippen molar-refractivity contribution in [1.82, 2.24) is 10.6 Å². The van der Waals surface area contributed by atoms with Gasteiger partial charge in [0.25, 0.3) is 0 Å². The first-order chi connectivity index (χ1) is 17.1. The van der Waals surface area contributed by atoms with Crippen LogP contribution in [-0.2, 0) is 30.2 Å². The van der Waals surface area contributed by atoms with Crippen molar-refractivity contribution in [1.29, 1.82) is 0 Å². The number of amides is 1. The summed E-state index contributed by atoms with van der Waals surface area (Å²) in [4.78, 5) is 35.8. The zero-order valence-electron chi connectivity index (χ0n) is 20.8. The van der Waals surface area contributed by atoms with Crippen molar-refractivity contribution in [3.05, 3.63) is 59.1 Å². The highest BCUT2D eigenvalue weighted by atomic mass is 35.5. The number of ether oxygens (including phenoxy) is 3. The Hall–Kier alpha value is -3.14. The van der Waals surface area contributed by atoms with Gasteiger partial charge in [-0.3, -0.25) is 0 Å². The second-order valence-electron chi connectivity index (χ2n) is 8.55. The molecule has 1 amide bonds. The van der Waals surface area contributed by atoms with Crippen molar-refractivity contribution < 1.29 is 33.7 Å². The molecule has 1 unspecified atom stereocenters. The summed E-state index contributed by atoms with van der Waals surface area (Å²) >= 11 is 6.07. The molecule has 0 heterocycles. The Bertz CT molecular complexity index is 1010. The molecule has 36 heavy (non-hydrogen) atoms. The van der Waals surface area contributed by atoms with Gasteiger partial charge >= 0.3 is 18.0 Å². The molecule has 0 bridgehead atoms. The van der Waals surface area contributed by atoms with Crippen molar-refractivity contribution in [2.75, 3.05) is 21.0 Å². The van der Waals surface area contributed by atoms with Gasteiger partial charge < -0.3 is 30.0 Å². The van der Waals surface area contributed by atoms with E-state index < -0.39 is 37.0 Å². The molecule has 9 nitrogen and oxygen atoms in total. The van der Waals surface area contributed by atoms with Gasteiger partial charge in [-0.15, -0.1) is 0 Å². The van der Waals surface area contributed by atoms with Gasteiger partial charge in [-0.25, -0.2) is 14.4 Å². The summed E-state index contributed by atoms with van der Waals surface area (Å²) in [5.74, 6) is -1.98. The highest BCUT2D eigenvalue weighted by Gasteiger charge is 2.27. The number of rotatable bonds is 12. The molecule has 0 aliphatic carbocycles. The van der Waals surface area contributed by atoms with Gasteiger partial charge in [-0.05, 0) is 54.6 Å². The van der Waals surface area contributed by atoms with Gasteiger partial charge in [0.15, 0.2) is 6.10 Å². The number of benzene rings is 2. The number of hydrogen-bond donors (Lipinski definition) is 3. The molecule has 0 aromatic heterocycles. The molecule has 10 heteroatoms. The van der Waals surface area contributed by atoms with Crippen molar-refractivity contribution in [3.63, 3.8) is 0 Å². The van der Waals surface area contributed by atoms with Gasteiger partial charge in [0, 0.05) is 11.1 Å². The number of methoxy groups -OCH3 is 1. The Morgan fingerprint density at radius 2 is 1.67 bits per heavy atom. The third kappa shape index (κ3) is 9.14. The van der Waals surface area contributed by atoms with Crippen LogP contribution in [0.2, 0.25) is 5.02 Å². The SMILES string of the molecule is CN[C@H](Cc1ccc(-c2cccc(Cl)c2)cc1)CC(O)C(=O)OCOC(=O)[C@@H](NC(=O)OC)C(C)C. The molecule has 3 atom stereocenters. The van der Waals surface area contributed by atoms with E-state index >= 15 is 0 Å². The van der Waals surface area contributed by atoms with Gasteiger partial charge in [0.2, 0.25) is 6.79 Å². The molecule has 0 spiro atoms. The van der Waals surface area contributed by atoms with E-state index in [4.69, 9.17) is 21.1 Å². The van der Waals surface area contributed by atoms with Crippen LogP contribution in [0.5, 0.6) is 0 Å². The van der Waals surface area contributed by atoms with Crippen LogP contribution in [0, 0.1) is 5.92 Å². The number of aliphatic hydroxyl groups is 1. The number of halogens is 1. The number of carbonyl (C=O) groups is 3. The van der Waals surface area contributed by atoms with E-state index in [1.807, 2.05) is 48.5 Å². The normalized spacial score (nSPS) is 13.4. The number of aliphatic hydroxyl groups excluding tert-OH is 1. The Kier molecular flexibility index (Phi) is 11.7. The monoisotopic (exact) mass is 520 g/mol. The summed E-state index contributed by atoms with van der Waals surface area (Å²) in [6, 6.07) is 14.4. The minimum atomic E-state index is -1.42. The standard InChI is InChI=1S/C26H33ClN2O7/c1-16(2)23(29-26(33)34-4)25(32)36-15-35-24(31)22(30)14-21(28-3)12-17-8-10-18(11-9-17)19-6-5-7-20(27)13-19/h5-11,13,16,21-23,28,30H,12,14-15H2,1-4H3,(H,29,33)/t21-,22?,23+/m1/s1. The third-order valence-corrected chi connectivity index (χ3v) is 5.80. The molecule has 2 aromatic rings. The van der Waals surface area contributed by atoms with E-state index in [1.165, 1.54) is 7.11 Å². The summed E-state index contributed by atoms with van der Waals surface area (Å²) in [6.07, 6.45) is -1.53. The average molecular weight is 521 g/mol. The third-order valence-electron chi connectivity index (χ3n) is 5.56. The maximum atomic E-state index is 12.2. The van der Waals surface area contributed by atoms with Crippen LogP contribution in [0.15, 0.2) is 48.5 Å². The lowest BCUT2D eigenvalue weighted by Gasteiger charge is -2.21. The highest BCUT2D eigenvalue weighted by molar-refractivity contribution is 6.30. The minimum Gasteiger partial charge on any atom is -0.453 e. The summed E-state index contributed by atoms with van der Waals surface area (Å²) < 4.78 is 14.3. The molecule has 0 saturated carbocycles. The largest absolute Gasteiger partial charge is 0.453 e. The first-order valence-electron chi connectivity index (χ1n) is 11.5. The molecule has 2 rings (SSSR count). The van der Waals surface area contributed by atoms with Crippen LogP contribution in [0.1, 0.15) is 25.8 Å². The zero-order chi connectivity index (χ0) is 26.7. The molecular weight excluding hydrogens is 488 g/mol. The number of carbonyl (C=O) groups excluding carboxylic acids is 3. The van der Waals surface area contributed by atoms with Crippen LogP contribution in [-0.4, -0.2) is 62.3 Å². The molecule has 196 valence electrons. The molecular formula is C26H33ClN2O7. The minimum absolute atomic E-state index is 0.0951. The lowest BCUT2D eigenvalue weighted by Crippen LogP contribution is -2.45. The number of hydrogen-bond acceptors (Lipinski definition) is 8. The van der Waals surface area contributed by atoms with Crippen LogP contribution in [0.3, 0.4) is 0 Å². The lowest BCUT2D eigenvalue weighted by molar-refractivity contribution is -0.175. The van der Waals surface area contributed by atoms with Crippen LogP contribution < -0.4 is 10.6 Å². The Morgan fingerprint density at radius 3 is 2.25 bits per heavy atom. The fraction of sp³-hybridized carbons (Fsp3) is 0.423. The van der Waals surface area contributed by atoms with Crippen molar-refractivity contribution in [2.45, 2.75) is 44.9 Å². The lowest BCUT2D eigenvalue weighted by atomic mass is 9.98. The number of alkyl carbamates (subject to hydrolysis) is 1. The van der Waals surface area contributed by atoms with Crippen LogP contribution in [0.25, 0.3) is 11.1 Å². The topological polar surface area (TPSA) is 123 Å². The van der Waals surface area contributed by atoms with Crippen LogP contribution >= 0.6 is 11.6 Å². The predicted octanol–water partition coefficient (Wildman–Crippen LogP) is 3.31. The summed E-state index contributed by atoms with van der Waals surface area (Å²) in [5.41, 5.74) is 3.06. The van der Waals surface area contributed by atoms with E-state index in [0.717, 1.165) is 16.7 Å². The van der Waals surface area contributed by atoms with Gasteiger partial charge in [-0.2, -0.15) is 0 Å². The fourth-order valence-electron chi connectivity index (χ4n) is 3.47. The first-order valence-corrected chi connectivity index (χ1v) is 11.9. The molecule has 0 aliphatic rings. The first kappa shape index (κ1) is 29.1. The zero-order valence-corrected chi connectivity index (χ0v) is 21.6. The summed E-state index contributed by atoms with van der Waals surface area (Å²) in [6.45, 7) is 2.73. The van der Waals surface area contributed by atoms with Gasteiger partial charge in [0.05, 0.1) is 7.11 Å². The maximum Gasteiger partial charge on any atom is 0.407 e. The quantitative estimate of drug-likeness (QED) is 0.288. The van der Waals surface area contributed by atoms with Crippen molar-refractivity contribution in [3.8, 4) is 11.1 Å². The van der Waals surface area contributed by atoms with E-state index in [9.17, 15) is 19.5 Å². The van der Waals surface area contributed by atoms with Gasteiger partial charge in [0.1, 0.15) is 6.04 Å². The summed E-state index contributed by atoms with van der Waals surface area (Å²) in [5, 5.41) is 16.4. The Balaban J connectivity index is 1.84. The molecule has 0 aliphatic heterocycles. The number of esters is 2. The van der Waals surface area contributed by atoms with Crippen molar-refractivity contribution >= 4 is 29.6 Å². The van der Waals surface area contributed by atoms with Crippen molar-refractivity contribution in [2.24, 2.45) is 5.92 Å². The Labute approximate surface area is 216 Å². The average Bonchev–Trinajstić information content (AvgIpc) is 2.86. The molecule has 0 fully saturated rings. The number of likely N-dealkylation sites (N-methyl/N-ethyl adjacent to an activating group) is 1. The maximum absolute atomic E-state index is 12.2. The van der Waals surface area contributed by atoms with E-state index in [0.29, 0.717) is 11.4 Å². The van der Waals surface area contributed by atoms with E-state index in [2.05, 4.69) is 15.4 Å². The smallest absolute Gasteiger partial charge is 0.407 e. The summed E-state index contributed by atoms with van der Waals surface area (Å²) in [7, 11) is 2.92. The number of nitrogens with one attached hydrogen (secondary N) is 2. The fourth-order valence-corrected chi connectivity index (χ4v) is 3.66. The van der Waals surface area contributed by atoms with E-state index in [-0.39, 0.29) is 18.4 Å². The van der Waals surface area contributed by atoms with E-state index in [1.54, 1.807) is 20.9 Å². The second kappa shape index (κ2) is 14.4. The predicted molar refractivity (Wildman–Crippen MR) is 135 cm³/mol. The molecule has 2 aromatic carbocycles. The molecule has 0 radical (unpaired) electrons. The molecule has 3 N–H and O–H groups in total. The Morgan fingerprint density at radius 1 is 1.00 bits per heavy atom. The van der Waals surface area contributed by atoms with Gasteiger partial charge in [-0.1, -0.05) is 61.8 Å². The van der Waals surface area contributed by atoms with Crippen LogP contribution in [0.4, 0.5) is 4.79 Å².